The number of carbonyl (C=O) groups is 4. The van der Waals surface area contributed by atoms with E-state index in [9.17, 15) is 19.2 Å². The van der Waals surface area contributed by atoms with Gasteiger partial charge in [0, 0.05) is 36.7 Å². The van der Waals surface area contributed by atoms with Crippen LogP contribution in [0.1, 0.15) is 12.0 Å². The first-order valence-corrected chi connectivity index (χ1v) is 11.9. The number of imidazole rings is 1. The van der Waals surface area contributed by atoms with Gasteiger partial charge in [-0.05, 0) is 42.8 Å². The van der Waals surface area contributed by atoms with E-state index in [0.717, 1.165) is 21.3 Å². The molecule has 0 spiro atoms. The van der Waals surface area contributed by atoms with Crippen molar-refractivity contribution in [2.45, 2.75) is 18.5 Å². The highest BCUT2D eigenvalue weighted by atomic mass is 32.2. The van der Waals surface area contributed by atoms with E-state index in [-0.39, 0.29) is 43.0 Å². The Bertz CT molecular complexity index is 1240. The Hall–Kier alpha value is -4.12. The Labute approximate surface area is 206 Å². The van der Waals surface area contributed by atoms with E-state index in [4.69, 9.17) is 0 Å². The highest BCUT2D eigenvalue weighted by molar-refractivity contribution is 7.99. The van der Waals surface area contributed by atoms with Crippen LogP contribution in [0.15, 0.2) is 66.1 Å². The van der Waals surface area contributed by atoms with Crippen LogP contribution < -0.4 is 16.0 Å². The van der Waals surface area contributed by atoms with Gasteiger partial charge in [0.15, 0.2) is 5.16 Å². The lowest BCUT2D eigenvalue weighted by Crippen LogP contribution is -2.33. The molecule has 4 rings (SSSR count). The predicted molar refractivity (Wildman–Crippen MR) is 132 cm³/mol. The lowest BCUT2D eigenvalue weighted by atomic mass is 10.2. The predicted octanol–water partition coefficient (Wildman–Crippen LogP) is 2.79. The number of urea groups is 1. The lowest BCUT2D eigenvalue weighted by Gasteiger charge is -2.12. The van der Waals surface area contributed by atoms with Gasteiger partial charge in [-0.15, -0.1) is 0 Å². The van der Waals surface area contributed by atoms with Crippen molar-refractivity contribution in [2.75, 3.05) is 29.5 Å². The van der Waals surface area contributed by atoms with Gasteiger partial charge in [-0.2, -0.15) is 0 Å². The van der Waals surface area contributed by atoms with E-state index in [0.29, 0.717) is 11.4 Å². The maximum absolute atomic E-state index is 12.4. The van der Waals surface area contributed by atoms with Crippen molar-refractivity contribution < 1.29 is 19.2 Å². The van der Waals surface area contributed by atoms with Crippen LogP contribution in [-0.2, 0) is 14.4 Å². The molecule has 0 bridgehead atoms. The van der Waals surface area contributed by atoms with Gasteiger partial charge in [0.1, 0.15) is 0 Å². The van der Waals surface area contributed by atoms with Gasteiger partial charge in [0.2, 0.25) is 17.7 Å². The van der Waals surface area contributed by atoms with Crippen molar-refractivity contribution in [3.05, 3.63) is 66.5 Å². The van der Waals surface area contributed by atoms with Crippen LogP contribution in [0.4, 0.5) is 16.2 Å². The van der Waals surface area contributed by atoms with Crippen molar-refractivity contribution in [1.29, 1.82) is 0 Å². The summed E-state index contributed by atoms with van der Waals surface area (Å²) in [7, 11) is 0. The molecule has 3 aromatic rings. The number of para-hydroxylation sites is 1. The maximum atomic E-state index is 12.4. The van der Waals surface area contributed by atoms with E-state index in [1.807, 2.05) is 42.0 Å². The van der Waals surface area contributed by atoms with Crippen molar-refractivity contribution in [2.24, 2.45) is 0 Å². The molecule has 1 saturated heterocycles. The Balaban J connectivity index is 1.25. The normalized spacial score (nSPS) is 13.0. The number of rotatable bonds is 9. The maximum Gasteiger partial charge on any atom is 0.324 e. The largest absolute Gasteiger partial charge is 0.329 e. The number of anilines is 2. The standard InChI is InChI=1S/C24H24N6O4S/c1-16-4-2-3-5-19(16)29-13-11-25-24(29)35-15-21(32)28-18-8-6-17(7-9-18)27-20(31)10-12-30-22(33)14-26-23(30)34/h2-9,11,13H,10,12,14-15H2,1H3,(H,26,34)(H,27,31)(H,28,32). The number of thioether (sulfide) groups is 1. The van der Waals surface area contributed by atoms with Crippen molar-refractivity contribution in [3.63, 3.8) is 0 Å². The fourth-order valence-corrected chi connectivity index (χ4v) is 4.26. The monoisotopic (exact) mass is 492 g/mol. The number of nitrogens with zero attached hydrogens (tertiary/aromatic N) is 3. The fourth-order valence-electron chi connectivity index (χ4n) is 3.50. The molecule has 1 aromatic heterocycles. The highest BCUT2D eigenvalue weighted by Gasteiger charge is 2.28. The zero-order chi connectivity index (χ0) is 24.8. The molecule has 0 unspecified atom stereocenters. The SMILES string of the molecule is Cc1ccccc1-n1ccnc1SCC(=O)Nc1ccc(NC(=O)CCN2C(=O)CNC2=O)cc1. The molecule has 11 heteroatoms. The molecule has 0 saturated carbocycles. The Kier molecular flexibility index (Phi) is 7.46. The molecule has 0 aliphatic carbocycles. The van der Waals surface area contributed by atoms with E-state index in [1.165, 1.54) is 11.8 Å². The second-order valence-electron chi connectivity index (χ2n) is 7.78. The smallest absolute Gasteiger partial charge is 0.324 e. The summed E-state index contributed by atoms with van der Waals surface area (Å²) in [6.07, 6.45) is 3.57. The third-order valence-corrected chi connectivity index (χ3v) is 6.23. The summed E-state index contributed by atoms with van der Waals surface area (Å²) < 4.78 is 1.96. The topological polar surface area (TPSA) is 125 Å². The Morgan fingerprint density at radius 2 is 1.71 bits per heavy atom. The Morgan fingerprint density at radius 1 is 1.03 bits per heavy atom. The second kappa shape index (κ2) is 10.9. The molecular formula is C24H24N6O4S. The number of hydrogen-bond acceptors (Lipinski definition) is 6. The summed E-state index contributed by atoms with van der Waals surface area (Å²) in [5.41, 5.74) is 3.26. The number of aryl methyl sites for hydroxylation is 1. The summed E-state index contributed by atoms with van der Waals surface area (Å²) in [5, 5.41) is 8.67. The van der Waals surface area contributed by atoms with Gasteiger partial charge >= 0.3 is 6.03 Å². The molecule has 1 fully saturated rings. The summed E-state index contributed by atoms with van der Waals surface area (Å²) in [6.45, 7) is 2.00. The molecule has 3 N–H and O–H groups in total. The molecular weight excluding hydrogens is 468 g/mol. The number of amides is 5. The van der Waals surface area contributed by atoms with Gasteiger partial charge in [-0.25, -0.2) is 9.78 Å². The average molecular weight is 493 g/mol. The van der Waals surface area contributed by atoms with Gasteiger partial charge in [0.25, 0.3) is 0 Å². The van der Waals surface area contributed by atoms with E-state index in [1.54, 1.807) is 30.5 Å². The Morgan fingerprint density at radius 3 is 2.37 bits per heavy atom. The van der Waals surface area contributed by atoms with E-state index < -0.39 is 6.03 Å². The molecule has 10 nitrogen and oxygen atoms in total. The van der Waals surface area contributed by atoms with Crippen LogP contribution in [0, 0.1) is 6.92 Å². The molecule has 0 radical (unpaired) electrons. The van der Waals surface area contributed by atoms with Crippen LogP contribution in [0.3, 0.4) is 0 Å². The zero-order valence-corrected chi connectivity index (χ0v) is 19.8. The first-order chi connectivity index (χ1) is 16.9. The number of nitrogens with one attached hydrogen (secondary N) is 3. The summed E-state index contributed by atoms with van der Waals surface area (Å²) in [5.74, 6) is -0.667. The zero-order valence-electron chi connectivity index (χ0n) is 19.0. The van der Waals surface area contributed by atoms with Gasteiger partial charge in [0.05, 0.1) is 18.0 Å². The third kappa shape index (κ3) is 6.07. The molecule has 2 heterocycles. The summed E-state index contributed by atoms with van der Waals surface area (Å²) in [6, 6.07) is 14.2. The van der Waals surface area contributed by atoms with Crippen LogP contribution in [-0.4, -0.2) is 57.0 Å². The number of aromatic nitrogens is 2. The second-order valence-corrected chi connectivity index (χ2v) is 8.73. The van der Waals surface area contributed by atoms with Gasteiger partial charge in [-0.1, -0.05) is 30.0 Å². The lowest BCUT2D eigenvalue weighted by molar-refractivity contribution is -0.125. The number of imide groups is 1. The fraction of sp³-hybridized carbons (Fsp3) is 0.208. The summed E-state index contributed by atoms with van der Waals surface area (Å²) in [4.78, 5) is 53.0. The molecule has 35 heavy (non-hydrogen) atoms. The average Bonchev–Trinajstić information content (AvgIpc) is 3.44. The number of carbonyl (C=O) groups excluding carboxylic acids is 4. The van der Waals surface area contributed by atoms with Crippen molar-refractivity contribution in [3.8, 4) is 5.69 Å². The molecule has 2 aromatic carbocycles. The van der Waals surface area contributed by atoms with Gasteiger partial charge in [-0.3, -0.25) is 23.9 Å². The molecule has 1 aliphatic heterocycles. The molecule has 5 amide bonds. The molecule has 0 atom stereocenters. The van der Waals surface area contributed by atoms with E-state index in [2.05, 4.69) is 20.9 Å². The summed E-state index contributed by atoms with van der Waals surface area (Å²) >= 11 is 1.34. The minimum absolute atomic E-state index is 0.00681. The quantitative estimate of drug-likeness (QED) is 0.312. The van der Waals surface area contributed by atoms with Crippen LogP contribution >= 0.6 is 11.8 Å². The first kappa shape index (κ1) is 24.0. The van der Waals surface area contributed by atoms with E-state index >= 15 is 0 Å². The van der Waals surface area contributed by atoms with Gasteiger partial charge < -0.3 is 16.0 Å². The van der Waals surface area contributed by atoms with Crippen molar-refractivity contribution >= 4 is 46.9 Å². The number of benzene rings is 2. The van der Waals surface area contributed by atoms with Crippen LogP contribution in [0.2, 0.25) is 0 Å². The first-order valence-electron chi connectivity index (χ1n) is 10.9. The minimum Gasteiger partial charge on any atom is -0.329 e. The van der Waals surface area contributed by atoms with Crippen molar-refractivity contribution in [1.82, 2.24) is 19.8 Å². The molecule has 1 aliphatic rings. The minimum atomic E-state index is -0.486. The molecule has 180 valence electrons. The highest BCUT2D eigenvalue weighted by Crippen LogP contribution is 2.23. The third-order valence-electron chi connectivity index (χ3n) is 5.27. The van der Waals surface area contributed by atoms with Crippen LogP contribution in [0.25, 0.3) is 5.69 Å². The van der Waals surface area contributed by atoms with Crippen LogP contribution in [0.5, 0.6) is 0 Å². The number of hydrogen-bond donors (Lipinski definition) is 3.